The van der Waals surface area contributed by atoms with E-state index in [1.807, 2.05) is 0 Å². The smallest absolute Gasteiger partial charge is 0.481 e. The fraction of sp³-hybridized carbons (Fsp3) is 0.485. The molecule has 3 unspecified atom stereocenters. The monoisotopic (exact) mass is 1080 g/mol. The molecule has 0 bridgehead atoms. The molecule has 1 saturated heterocycles. The number of benzene rings is 1. The minimum Gasteiger partial charge on any atom is -0.481 e. The highest BCUT2D eigenvalue weighted by atomic mass is 35.5. The van der Waals surface area contributed by atoms with Crippen molar-refractivity contribution in [2.24, 2.45) is 11.1 Å². The van der Waals surface area contributed by atoms with Gasteiger partial charge in [-0.15, -0.1) is 0 Å². The molecule has 3 aromatic rings. The maximum atomic E-state index is 13.3. The van der Waals surface area contributed by atoms with Crippen molar-refractivity contribution in [2.75, 3.05) is 37.4 Å². The van der Waals surface area contributed by atoms with Gasteiger partial charge < -0.3 is 61.3 Å². The number of phosphoric ester groups is 3. The molecule has 0 spiro atoms. The first-order valence-corrected chi connectivity index (χ1v) is 25.3. The second kappa shape index (κ2) is 23.7. The van der Waals surface area contributed by atoms with Gasteiger partial charge in [-0.3, -0.25) is 46.9 Å². The highest BCUT2D eigenvalue weighted by Gasteiger charge is 2.50. The van der Waals surface area contributed by atoms with E-state index in [9.17, 15) is 72.2 Å². The Labute approximate surface area is 397 Å². The number of aliphatic hydroxyl groups is 2. The van der Waals surface area contributed by atoms with Crippen LogP contribution in [0.25, 0.3) is 11.2 Å². The Morgan fingerprint density at radius 1 is 0.971 bits per heavy atom. The SMILES string of the molecule is CC(C)(COP(=O)(O)OP(=O)(O)OC[C@H]1O[C@@H](n2cnc3c(NC(=O)C(C(N)=O)c4ccc(Cl)c(Cl)c4)ncnc32)[C@H](O)[C@@H]1OP(=O)(O)O)[C@@H](O)C(=O)NCCC(=O)NCCSC(=O)CC(=O)O. The van der Waals surface area contributed by atoms with Crippen LogP contribution in [-0.2, 0) is 65.1 Å². The molecule has 0 saturated carbocycles. The van der Waals surface area contributed by atoms with E-state index in [4.69, 9.17) is 47.8 Å². The van der Waals surface area contributed by atoms with Crippen LogP contribution in [0.2, 0.25) is 10.0 Å². The van der Waals surface area contributed by atoms with Gasteiger partial charge in [-0.25, -0.2) is 28.6 Å². The summed E-state index contributed by atoms with van der Waals surface area (Å²) in [5, 5.41) is 37.0. The van der Waals surface area contributed by atoms with Crippen molar-refractivity contribution < 1.29 is 100.0 Å². The van der Waals surface area contributed by atoms with Gasteiger partial charge in [-0.1, -0.05) is 54.9 Å². The molecule has 8 atom stereocenters. The number of anilines is 1. The van der Waals surface area contributed by atoms with Crippen LogP contribution in [0.3, 0.4) is 0 Å². The summed E-state index contributed by atoms with van der Waals surface area (Å²) in [6, 6.07) is 3.92. The molecule has 376 valence electrons. The van der Waals surface area contributed by atoms with E-state index in [0.717, 1.165) is 17.2 Å². The minimum atomic E-state index is -5.71. The second-order valence-electron chi connectivity index (χ2n) is 14.8. The fourth-order valence-corrected chi connectivity index (χ4v) is 9.66. The standard InChI is InChI=1S/C33H43Cl2N8O21P3S/c1-33(2,26(49)31(52)38-6-5-19(44)37-7-8-68-21(47)10-20(45)46)12-61-67(58,59)64-66(56,57)60-11-18-25(63-65(53,54)55)24(48)32(62-18)43-14-41-23-28(39-13-40-29(23)43)42-30(51)22(27(36)50)15-3-4-16(34)17(35)9-15/h3-4,9,13-14,18,22,24-26,32,48-49H,5-8,10-12H2,1-2H3,(H2,36,50)(H,37,44)(H,38,52)(H,45,46)(H,56,57)(H,58,59)(H2,53,54,55)(H,39,40,42,51)/t18-,22?,24-,25-,26+,32-/m1/s1. The zero-order chi connectivity index (χ0) is 50.9. The molecular weight excluding hydrogens is 1040 g/mol. The number of hydrogen-bond acceptors (Lipinski definition) is 20. The van der Waals surface area contributed by atoms with Crippen molar-refractivity contribution in [1.29, 1.82) is 0 Å². The van der Waals surface area contributed by atoms with Crippen LogP contribution >= 0.6 is 58.4 Å². The molecule has 1 aromatic carbocycles. The number of nitrogens with one attached hydrogen (secondary N) is 3. The van der Waals surface area contributed by atoms with Crippen LogP contribution in [0.1, 0.15) is 44.4 Å². The Kier molecular flexibility index (Phi) is 19.7. The molecule has 1 fully saturated rings. The van der Waals surface area contributed by atoms with Crippen LogP contribution in [0.15, 0.2) is 30.9 Å². The van der Waals surface area contributed by atoms with Gasteiger partial charge in [0.1, 0.15) is 43.1 Å². The first-order valence-electron chi connectivity index (χ1n) is 19.1. The zero-order valence-electron chi connectivity index (χ0n) is 35.0. The van der Waals surface area contributed by atoms with Crippen LogP contribution in [-0.4, -0.2) is 146 Å². The number of nitrogens with zero attached hydrogens (tertiary/aromatic N) is 4. The molecule has 12 N–H and O–H groups in total. The molecule has 4 amide bonds. The number of ether oxygens (including phenoxy) is 1. The van der Waals surface area contributed by atoms with Crippen LogP contribution in [0, 0.1) is 5.41 Å². The Morgan fingerprint density at radius 2 is 1.65 bits per heavy atom. The number of aliphatic carboxylic acids is 1. The summed E-state index contributed by atoms with van der Waals surface area (Å²) in [7, 11) is -16.8. The average Bonchev–Trinajstić information content (AvgIpc) is 3.78. The van der Waals surface area contributed by atoms with E-state index in [1.54, 1.807) is 0 Å². The number of carbonyl (C=O) groups excluding carboxylic acids is 5. The van der Waals surface area contributed by atoms with E-state index < -0.39 is 120 Å². The maximum Gasteiger partial charge on any atom is 0.481 e. The molecule has 4 rings (SSSR count). The van der Waals surface area contributed by atoms with E-state index in [1.165, 1.54) is 32.0 Å². The number of rotatable bonds is 25. The van der Waals surface area contributed by atoms with Gasteiger partial charge in [0.15, 0.2) is 28.3 Å². The minimum absolute atomic E-state index is 0.00840. The van der Waals surface area contributed by atoms with Crippen molar-refractivity contribution in [3.05, 3.63) is 46.5 Å². The molecule has 1 aliphatic heterocycles. The summed E-state index contributed by atoms with van der Waals surface area (Å²) in [5.74, 6) is -6.83. The molecule has 1 aliphatic rings. The van der Waals surface area contributed by atoms with Crippen molar-refractivity contribution in [1.82, 2.24) is 30.2 Å². The zero-order valence-corrected chi connectivity index (χ0v) is 40.0. The number of carboxylic acids is 1. The van der Waals surface area contributed by atoms with Gasteiger partial charge in [0.2, 0.25) is 23.6 Å². The first-order chi connectivity index (χ1) is 31.5. The number of aliphatic hydroxyl groups excluding tert-OH is 2. The second-order valence-corrected chi connectivity index (χ2v) is 21.0. The van der Waals surface area contributed by atoms with Gasteiger partial charge in [0.25, 0.3) is 0 Å². The van der Waals surface area contributed by atoms with Crippen LogP contribution in [0.4, 0.5) is 5.82 Å². The molecule has 3 heterocycles. The van der Waals surface area contributed by atoms with Gasteiger partial charge in [0, 0.05) is 30.7 Å². The molecular formula is C33H43Cl2N8O21P3S. The third kappa shape index (κ3) is 16.3. The van der Waals surface area contributed by atoms with Gasteiger partial charge in [0.05, 0.1) is 29.6 Å². The number of imidazole rings is 1. The number of thioether (sulfide) groups is 1. The maximum absolute atomic E-state index is 13.3. The molecule has 2 aromatic heterocycles. The molecule has 68 heavy (non-hydrogen) atoms. The Bertz CT molecular complexity index is 2540. The summed E-state index contributed by atoms with van der Waals surface area (Å²) in [6.45, 7) is -0.138. The van der Waals surface area contributed by atoms with Gasteiger partial charge in [-0.2, -0.15) is 4.31 Å². The number of halogens is 2. The number of carboxylic acid groups (broad SMARTS) is 1. The van der Waals surface area contributed by atoms with E-state index in [0.29, 0.717) is 11.8 Å². The van der Waals surface area contributed by atoms with E-state index >= 15 is 0 Å². The molecule has 0 aliphatic carbocycles. The topological polar surface area (TPSA) is 447 Å². The number of hydrogen-bond donors (Lipinski definition) is 11. The molecule has 29 nitrogen and oxygen atoms in total. The van der Waals surface area contributed by atoms with Crippen molar-refractivity contribution >= 4 is 110 Å². The number of fused-ring (bicyclic) bond motifs is 1. The third-order valence-electron chi connectivity index (χ3n) is 9.10. The average molecular weight is 1080 g/mol. The first kappa shape index (κ1) is 56.6. The highest BCUT2D eigenvalue weighted by Crippen LogP contribution is 2.61. The lowest BCUT2D eigenvalue weighted by Gasteiger charge is -2.30. The van der Waals surface area contributed by atoms with Crippen molar-refractivity contribution in [2.45, 2.75) is 63.3 Å². The third-order valence-corrected chi connectivity index (χ3v) is 13.8. The summed E-state index contributed by atoms with van der Waals surface area (Å²) in [4.78, 5) is 124. The summed E-state index contributed by atoms with van der Waals surface area (Å²) >= 11 is 12.7. The number of primary amides is 1. The van der Waals surface area contributed by atoms with E-state index in [-0.39, 0.29) is 57.9 Å². The Balaban J connectivity index is 1.36. The summed E-state index contributed by atoms with van der Waals surface area (Å²) in [6.07, 6.45) is -8.80. The molecule has 0 radical (unpaired) electrons. The number of phosphoric acid groups is 3. The fourth-order valence-electron chi connectivity index (χ4n) is 5.87. The van der Waals surface area contributed by atoms with Crippen LogP contribution < -0.4 is 21.7 Å². The van der Waals surface area contributed by atoms with Gasteiger partial charge >= 0.3 is 29.4 Å². The Hall–Kier alpha value is -4.03. The largest absolute Gasteiger partial charge is 0.481 e. The number of amides is 4. The predicted octanol–water partition coefficient (Wildman–Crippen LogP) is 0.0716. The number of carbonyl (C=O) groups is 6. The lowest BCUT2D eigenvalue weighted by atomic mass is 9.87. The van der Waals surface area contributed by atoms with Crippen molar-refractivity contribution in [3.8, 4) is 0 Å². The van der Waals surface area contributed by atoms with Gasteiger partial charge in [-0.05, 0) is 17.7 Å². The normalized spacial score (nSPS) is 20.1. The summed E-state index contributed by atoms with van der Waals surface area (Å²) in [5.41, 5.74) is 3.46. The highest BCUT2D eigenvalue weighted by molar-refractivity contribution is 8.13. The lowest BCUT2D eigenvalue weighted by Crippen LogP contribution is -2.46. The number of nitrogens with two attached hydrogens (primary N) is 1. The lowest BCUT2D eigenvalue weighted by molar-refractivity contribution is -0.139. The van der Waals surface area contributed by atoms with E-state index in [2.05, 4.69) is 39.7 Å². The quantitative estimate of drug-likeness (QED) is 0.0304. The Morgan fingerprint density at radius 3 is 2.28 bits per heavy atom. The predicted molar refractivity (Wildman–Crippen MR) is 232 cm³/mol. The molecule has 35 heteroatoms. The van der Waals surface area contributed by atoms with Crippen LogP contribution in [0.5, 0.6) is 0 Å². The van der Waals surface area contributed by atoms with Crippen molar-refractivity contribution in [3.63, 3.8) is 0 Å². The summed E-state index contributed by atoms with van der Waals surface area (Å²) < 4.78 is 62.7. The number of aromatic nitrogens is 4.